The summed E-state index contributed by atoms with van der Waals surface area (Å²) in [4.78, 5) is 4.15. The van der Waals surface area contributed by atoms with Crippen LogP contribution in [0.25, 0.3) is 0 Å². The first-order valence-corrected chi connectivity index (χ1v) is 10.4. The van der Waals surface area contributed by atoms with Gasteiger partial charge in [0.1, 0.15) is 5.82 Å². The van der Waals surface area contributed by atoms with E-state index in [0.717, 1.165) is 18.7 Å². The molecule has 2 heterocycles. The minimum absolute atomic E-state index is 0.362. The molecule has 1 spiro atoms. The summed E-state index contributed by atoms with van der Waals surface area (Å²) >= 11 is 0. The van der Waals surface area contributed by atoms with Crippen LogP contribution in [-0.4, -0.2) is 43.9 Å². The average Bonchev–Trinajstić information content (AvgIpc) is 2.61. The van der Waals surface area contributed by atoms with Crippen LogP contribution in [0.3, 0.4) is 0 Å². The Morgan fingerprint density at radius 1 is 1.04 bits per heavy atom. The van der Waals surface area contributed by atoms with Gasteiger partial charge in [-0.1, -0.05) is 25.3 Å². The Morgan fingerprint density at radius 2 is 1.79 bits per heavy atom. The van der Waals surface area contributed by atoms with E-state index in [9.17, 15) is 8.42 Å². The number of piperidine rings is 1. The topological polar surface area (TPSA) is 74.3 Å². The smallest absolute Gasteiger partial charge is 0.279 e. The number of aromatic nitrogens is 1. The van der Waals surface area contributed by atoms with Crippen LogP contribution in [0.15, 0.2) is 24.4 Å². The zero-order chi connectivity index (χ0) is 16.9. The van der Waals surface area contributed by atoms with E-state index in [1.165, 1.54) is 32.1 Å². The monoisotopic (exact) mass is 352 g/mol. The third-order valence-corrected chi connectivity index (χ3v) is 7.03. The van der Waals surface area contributed by atoms with Gasteiger partial charge < -0.3 is 5.32 Å². The molecule has 0 bridgehead atoms. The van der Waals surface area contributed by atoms with Gasteiger partial charge in [-0.15, -0.1) is 0 Å². The van der Waals surface area contributed by atoms with Gasteiger partial charge in [-0.25, -0.2) is 9.71 Å². The number of pyridine rings is 1. The lowest BCUT2D eigenvalue weighted by molar-refractivity contribution is 0.102. The predicted octanol–water partition coefficient (Wildman–Crippen LogP) is 2.37. The van der Waals surface area contributed by atoms with Crippen LogP contribution in [0.2, 0.25) is 0 Å². The van der Waals surface area contributed by atoms with Crippen LogP contribution in [-0.2, 0) is 10.2 Å². The van der Waals surface area contributed by atoms with Crippen molar-refractivity contribution in [1.82, 2.24) is 14.0 Å². The van der Waals surface area contributed by atoms with Crippen molar-refractivity contribution < 1.29 is 8.42 Å². The largest absolute Gasteiger partial charge is 0.369 e. The Morgan fingerprint density at radius 3 is 2.46 bits per heavy atom. The fourth-order valence-corrected chi connectivity index (χ4v) is 5.14. The molecule has 0 radical (unpaired) electrons. The highest BCUT2D eigenvalue weighted by Gasteiger charge is 2.38. The molecule has 1 saturated heterocycles. The Balaban J connectivity index is 1.42. The van der Waals surface area contributed by atoms with E-state index in [1.54, 1.807) is 10.5 Å². The third kappa shape index (κ3) is 4.46. The quantitative estimate of drug-likeness (QED) is 0.771. The van der Waals surface area contributed by atoms with Crippen LogP contribution in [0, 0.1) is 5.41 Å². The van der Waals surface area contributed by atoms with Crippen molar-refractivity contribution >= 4 is 16.0 Å². The predicted molar refractivity (Wildman–Crippen MR) is 96.0 cm³/mol. The molecule has 1 aromatic heterocycles. The molecule has 134 valence electrons. The van der Waals surface area contributed by atoms with Crippen molar-refractivity contribution in [3.05, 3.63) is 24.4 Å². The van der Waals surface area contributed by atoms with E-state index in [-0.39, 0.29) is 0 Å². The van der Waals surface area contributed by atoms with Crippen LogP contribution >= 0.6 is 0 Å². The molecule has 0 unspecified atom stereocenters. The minimum Gasteiger partial charge on any atom is -0.369 e. The van der Waals surface area contributed by atoms with E-state index >= 15 is 0 Å². The van der Waals surface area contributed by atoms with Gasteiger partial charge in [0.15, 0.2) is 0 Å². The molecular weight excluding hydrogens is 324 g/mol. The summed E-state index contributed by atoms with van der Waals surface area (Å²) in [6, 6.07) is 5.61. The standard InChI is InChI=1S/C17H28N4O2S/c22-24(23,20-13-12-19-16-6-2-5-11-18-16)21-14-9-17(10-15-21)7-3-1-4-8-17/h2,5-6,11,20H,1,3-4,7-10,12-15H2,(H,18,19). The van der Waals surface area contributed by atoms with Crippen LogP contribution in [0.1, 0.15) is 44.9 Å². The number of nitrogens with zero attached hydrogens (tertiary/aromatic N) is 2. The van der Waals surface area contributed by atoms with Crippen molar-refractivity contribution in [2.45, 2.75) is 44.9 Å². The first-order chi connectivity index (χ1) is 11.6. The Kier molecular flexibility index (Phi) is 5.73. The Hall–Kier alpha value is -1.18. The summed E-state index contributed by atoms with van der Waals surface area (Å²) in [5, 5.41) is 3.11. The van der Waals surface area contributed by atoms with Crippen molar-refractivity contribution in [3.8, 4) is 0 Å². The minimum atomic E-state index is -3.37. The number of anilines is 1. The summed E-state index contributed by atoms with van der Waals surface area (Å²) < 4.78 is 29.2. The molecule has 2 aliphatic rings. The first-order valence-electron chi connectivity index (χ1n) is 8.99. The van der Waals surface area contributed by atoms with Gasteiger partial charge >= 0.3 is 0 Å². The molecule has 0 atom stereocenters. The Bertz CT molecular complexity index is 605. The molecule has 0 amide bonds. The van der Waals surface area contributed by atoms with Crippen molar-refractivity contribution in [3.63, 3.8) is 0 Å². The van der Waals surface area contributed by atoms with E-state index in [2.05, 4.69) is 15.0 Å². The summed E-state index contributed by atoms with van der Waals surface area (Å²) in [6.07, 6.45) is 10.3. The summed E-state index contributed by atoms with van der Waals surface area (Å²) in [6.45, 7) is 2.20. The first kappa shape index (κ1) is 17.6. The van der Waals surface area contributed by atoms with Gasteiger partial charge in [-0.2, -0.15) is 12.7 Å². The van der Waals surface area contributed by atoms with E-state index < -0.39 is 10.2 Å². The van der Waals surface area contributed by atoms with Gasteiger partial charge in [-0.3, -0.25) is 0 Å². The molecule has 2 fully saturated rings. The van der Waals surface area contributed by atoms with Gasteiger partial charge in [0.05, 0.1) is 0 Å². The number of hydrogen-bond acceptors (Lipinski definition) is 4. The van der Waals surface area contributed by atoms with Crippen LogP contribution < -0.4 is 10.0 Å². The van der Waals surface area contributed by atoms with Crippen molar-refractivity contribution in [2.24, 2.45) is 5.41 Å². The van der Waals surface area contributed by atoms with E-state index in [1.807, 2.05) is 18.2 Å². The molecule has 1 aliphatic heterocycles. The zero-order valence-corrected chi connectivity index (χ0v) is 15.0. The number of nitrogens with one attached hydrogen (secondary N) is 2. The van der Waals surface area contributed by atoms with E-state index in [0.29, 0.717) is 31.6 Å². The fourth-order valence-electron chi connectivity index (χ4n) is 3.93. The highest BCUT2D eigenvalue weighted by atomic mass is 32.2. The Labute approximate surface area is 145 Å². The lowest BCUT2D eigenvalue weighted by atomic mass is 9.68. The molecule has 1 aromatic rings. The summed E-state index contributed by atoms with van der Waals surface area (Å²) in [7, 11) is -3.37. The molecule has 6 nitrogen and oxygen atoms in total. The molecule has 0 aromatic carbocycles. The highest BCUT2D eigenvalue weighted by molar-refractivity contribution is 7.87. The van der Waals surface area contributed by atoms with Crippen molar-refractivity contribution in [2.75, 3.05) is 31.5 Å². The second-order valence-electron chi connectivity index (χ2n) is 7.00. The highest BCUT2D eigenvalue weighted by Crippen LogP contribution is 2.44. The summed E-state index contributed by atoms with van der Waals surface area (Å²) in [5.41, 5.74) is 0.421. The number of hydrogen-bond donors (Lipinski definition) is 2. The lowest BCUT2D eigenvalue weighted by Crippen LogP contribution is -2.48. The number of rotatable bonds is 6. The summed E-state index contributed by atoms with van der Waals surface area (Å²) in [5.74, 6) is 0.758. The SMILES string of the molecule is O=S(=O)(NCCNc1ccccn1)N1CCC2(CCCCC2)CC1. The normalized spacial score (nSPS) is 21.7. The second-order valence-corrected chi connectivity index (χ2v) is 8.76. The average molecular weight is 353 g/mol. The third-order valence-electron chi connectivity index (χ3n) is 5.42. The fraction of sp³-hybridized carbons (Fsp3) is 0.706. The van der Waals surface area contributed by atoms with Gasteiger partial charge in [0.2, 0.25) is 0 Å². The maximum absolute atomic E-state index is 12.4. The van der Waals surface area contributed by atoms with Gasteiger partial charge in [0, 0.05) is 32.4 Å². The molecule has 3 rings (SSSR count). The zero-order valence-electron chi connectivity index (χ0n) is 14.2. The van der Waals surface area contributed by atoms with Crippen LogP contribution in [0.4, 0.5) is 5.82 Å². The van der Waals surface area contributed by atoms with Gasteiger partial charge in [-0.05, 0) is 43.2 Å². The molecule has 1 aliphatic carbocycles. The van der Waals surface area contributed by atoms with Crippen molar-refractivity contribution in [1.29, 1.82) is 0 Å². The van der Waals surface area contributed by atoms with Crippen LogP contribution in [0.5, 0.6) is 0 Å². The van der Waals surface area contributed by atoms with Gasteiger partial charge in [0.25, 0.3) is 10.2 Å². The maximum Gasteiger partial charge on any atom is 0.279 e. The molecule has 7 heteroatoms. The van der Waals surface area contributed by atoms with E-state index in [4.69, 9.17) is 0 Å². The maximum atomic E-state index is 12.4. The second kappa shape index (κ2) is 7.80. The molecule has 1 saturated carbocycles. The lowest BCUT2D eigenvalue weighted by Gasteiger charge is -2.43. The molecule has 24 heavy (non-hydrogen) atoms. The molecular formula is C17H28N4O2S. The molecule has 2 N–H and O–H groups in total.